The van der Waals surface area contributed by atoms with E-state index in [9.17, 15) is 19.5 Å². The van der Waals surface area contributed by atoms with Crippen LogP contribution in [0.5, 0.6) is 0 Å². The fraction of sp³-hybridized carbons (Fsp3) is 0.824. The monoisotopic (exact) mass is 651 g/mol. The smallest absolute Gasteiger partial charge is 0.337 e. The molecule has 1 saturated heterocycles. The molecule has 4 aliphatic rings. The molecule has 0 amide bonds. The Morgan fingerprint density at radius 3 is 2.24 bits per heavy atom. The van der Waals surface area contributed by atoms with Crippen molar-refractivity contribution in [2.45, 2.75) is 110 Å². The molecule has 1 aliphatic heterocycles. The minimum Gasteiger partial charge on any atom is -0.456 e. The predicted octanol–water partition coefficient (Wildman–Crippen LogP) is 2.48. The number of ether oxygens (including phenoxy) is 6. The van der Waals surface area contributed by atoms with Crippen molar-refractivity contribution >= 4 is 23.7 Å². The molecule has 260 valence electrons. The van der Waals surface area contributed by atoms with E-state index >= 15 is 4.79 Å². The van der Waals surface area contributed by atoms with E-state index in [1.807, 2.05) is 60.5 Å². The summed E-state index contributed by atoms with van der Waals surface area (Å²) in [6, 6.07) is -0.328. The Kier molecular flexibility index (Phi) is 9.97. The largest absolute Gasteiger partial charge is 0.456 e. The lowest BCUT2D eigenvalue weighted by Gasteiger charge is -2.68. The quantitative estimate of drug-likeness (QED) is 0.222. The standard InChI is InChI=1S/C34H53NO11/c1-17-13-23-33(16-43-23,46-21(5)36)28-19(3)34(40)14-22(44-30(39)26(42-12)20(4)35(9)10)18(2)25(31(34,6)7)27(29(38)32(17,28)8)45-24(37)15-41-11/h17,19-20,22-23,26-28,40H,13-16H2,1-12H3/t17-,19-,20?,22?,23?,26?,27?,28?,32+,33-,34?/m0/s1. The van der Waals surface area contributed by atoms with Crippen LogP contribution in [0.3, 0.4) is 0 Å². The van der Waals surface area contributed by atoms with Crippen molar-refractivity contribution in [2.75, 3.05) is 41.5 Å². The van der Waals surface area contributed by atoms with Crippen LogP contribution in [-0.4, -0.2) is 117 Å². The van der Waals surface area contributed by atoms with Gasteiger partial charge in [0.05, 0.1) is 12.2 Å². The van der Waals surface area contributed by atoms with E-state index in [-0.39, 0.29) is 30.8 Å². The molecule has 0 aromatic rings. The number of likely N-dealkylation sites (N-methyl/N-ethyl adjacent to an activating group) is 1. The highest BCUT2D eigenvalue weighted by molar-refractivity contribution is 5.95. The topological polar surface area (TPSA) is 147 Å². The van der Waals surface area contributed by atoms with Gasteiger partial charge in [-0.1, -0.05) is 34.6 Å². The summed E-state index contributed by atoms with van der Waals surface area (Å²) in [5.41, 5.74) is -4.30. The van der Waals surface area contributed by atoms with Crippen molar-refractivity contribution < 1.29 is 52.7 Å². The highest BCUT2D eigenvalue weighted by Gasteiger charge is 2.75. The summed E-state index contributed by atoms with van der Waals surface area (Å²) in [7, 11) is 6.44. The molecule has 1 N–H and O–H groups in total. The van der Waals surface area contributed by atoms with E-state index in [2.05, 4.69) is 0 Å². The van der Waals surface area contributed by atoms with Crippen molar-refractivity contribution in [2.24, 2.45) is 28.6 Å². The number of esters is 3. The first-order valence-electron chi connectivity index (χ1n) is 16.1. The number of nitrogens with zero attached hydrogens (tertiary/aromatic N) is 1. The Morgan fingerprint density at radius 1 is 1.11 bits per heavy atom. The molecule has 3 fully saturated rings. The fourth-order valence-corrected chi connectivity index (χ4v) is 9.13. The Morgan fingerprint density at radius 2 is 1.74 bits per heavy atom. The molecule has 3 aliphatic carbocycles. The Bertz CT molecular complexity index is 1280. The second-order valence-electron chi connectivity index (χ2n) is 14.8. The summed E-state index contributed by atoms with van der Waals surface area (Å²) in [5, 5.41) is 13.1. The second kappa shape index (κ2) is 12.6. The Labute approximate surface area is 272 Å². The molecule has 0 radical (unpaired) electrons. The number of hydrogen-bond donors (Lipinski definition) is 1. The summed E-state index contributed by atoms with van der Waals surface area (Å²) >= 11 is 0. The second-order valence-corrected chi connectivity index (χ2v) is 14.8. The zero-order valence-electron chi connectivity index (χ0n) is 29.4. The average molecular weight is 652 g/mol. The summed E-state index contributed by atoms with van der Waals surface area (Å²) in [4.78, 5) is 56.4. The number of Topliss-reactive ketones (excluding diaryl/α,β-unsaturated/α-hetero) is 1. The maximum Gasteiger partial charge on any atom is 0.337 e. The van der Waals surface area contributed by atoms with Crippen LogP contribution in [0.4, 0.5) is 0 Å². The van der Waals surface area contributed by atoms with Crippen molar-refractivity contribution in [1.82, 2.24) is 4.90 Å². The van der Waals surface area contributed by atoms with Crippen molar-refractivity contribution in [1.29, 1.82) is 0 Å². The minimum atomic E-state index is -1.63. The molecule has 7 unspecified atom stereocenters. The van der Waals surface area contributed by atoms with E-state index in [0.29, 0.717) is 17.6 Å². The van der Waals surface area contributed by atoms with Gasteiger partial charge < -0.3 is 38.4 Å². The van der Waals surface area contributed by atoms with Crippen molar-refractivity contribution in [3.8, 4) is 0 Å². The molecule has 2 saturated carbocycles. The number of carbonyl (C=O) groups excluding carboxylic acids is 4. The first kappa shape index (κ1) is 36.5. The third-order valence-corrected chi connectivity index (χ3v) is 12.1. The maximum atomic E-state index is 15.2. The van der Waals surface area contributed by atoms with Crippen LogP contribution in [0.1, 0.15) is 68.2 Å². The molecule has 0 spiro atoms. The fourth-order valence-electron chi connectivity index (χ4n) is 9.13. The predicted molar refractivity (Wildman–Crippen MR) is 165 cm³/mol. The van der Waals surface area contributed by atoms with Gasteiger partial charge in [-0.3, -0.25) is 9.59 Å². The SMILES string of the molecule is COCC(=O)OC1C(=O)[C@@]2(C)C([C@H](C)C3(O)CC(OC(=O)C(OC)C(C)N(C)C)C(C)=C1C3(C)C)[C@]1(OC(C)=O)COC1C[C@@H]2C. The van der Waals surface area contributed by atoms with E-state index in [1.54, 1.807) is 6.92 Å². The molecule has 0 aromatic carbocycles. The van der Waals surface area contributed by atoms with Gasteiger partial charge in [-0.2, -0.15) is 0 Å². The van der Waals surface area contributed by atoms with Crippen LogP contribution in [-0.2, 0) is 47.6 Å². The van der Waals surface area contributed by atoms with Crippen LogP contribution in [0, 0.1) is 28.6 Å². The molecule has 2 bridgehead atoms. The number of hydrogen-bond acceptors (Lipinski definition) is 12. The highest BCUT2D eigenvalue weighted by atomic mass is 16.6. The lowest BCUT2D eigenvalue weighted by molar-refractivity contribution is -0.332. The van der Waals surface area contributed by atoms with Crippen LogP contribution in [0.2, 0.25) is 0 Å². The number of ketones is 1. The Hall–Kier alpha value is -2.38. The number of carbonyl (C=O) groups is 4. The van der Waals surface area contributed by atoms with E-state index in [1.165, 1.54) is 21.1 Å². The number of rotatable bonds is 9. The van der Waals surface area contributed by atoms with Crippen LogP contribution < -0.4 is 0 Å². The molecule has 12 heteroatoms. The van der Waals surface area contributed by atoms with Gasteiger partial charge in [0.15, 0.2) is 23.6 Å². The summed E-state index contributed by atoms with van der Waals surface area (Å²) in [5.74, 6) is -3.97. The van der Waals surface area contributed by atoms with Gasteiger partial charge in [0.1, 0.15) is 18.8 Å². The molecule has 1 heterocycles. The van der Waals surface area contributed by atoms with Gasteiger partial charge >= 0.3 is 17.9 Å². The molecular formula is C34H53NO11. The number of fused-ring (bicyclic) bond motifs is 5. The molecule has 0 aromatic heterocycles. The molecule has 4 rings (SSSR count). The molecule has 11 atom stereocenters. The third kappa shape index (κ3) is 5.32. The average Bonchev–Trinajstić information content (AvgIpc) is 2.95. The first-order chi connectivity index (χ1) is 21.3. The van der Waals surface area contributed by atoms with E-state index in [4.69, 9.17) is 28.4 Å². The van der Waals surface area contributed by atoms with Gasteiger partial charge in [0, 0.05) is 50.4 Å². The maximum absolute atomic E-state index is 15.2. The zero-order chi connectivity index (χ0) is 34.7. The van der Waals surface area contributed by atoms with Crippen LogP contribution in [0.25, 0.3) is 0 Å². The van der Waals surface area contributed by atoms with Gasteiger partial charge in [0.25, 0.3) is 0 Å². The van der Waals surface area contributed by atoms with Gasteiger partial charge in [-0.05, 0) is 57.3 Å². The Balaban J connectivity index is 1.97. The number of aliphatic hydroxyl groups is 1. The van der Waals surface area contributed by atoms with Crippen molar-refractivity contribution in [3.05, 3.63) is 11.1 Å². The van der Waals surface area contributed by atoms with Gasteiger partial charge in [-0.15, -0.1) is 0 Å². The summed E-state index contributed by atoms with van der Waals surface area (Å²) in [6.07, 6.45) is -3.40. The summed E-state index contributed by atoms with van der Waals surface area (Å²) < 4.78 is 34.8. The van der Waals surface area contributed by atoms with E-state index in [0.717, 1.165) is 0 Å². The highest BCUT2D eigenvalue weighted by Crippen LogP contribution is 2.66. The third-order valence-electron chi connectivity index (χ3n) is 12.1. The van der Waals surface area contributed by atoms with Crippen molar-refractivity contribution in [3.63, 3.8) is 0 Å². The first-order valence-corrected chi connectivity index (χ1v) is 16.1. The zero-order valence-corrected chi connectivity index (χ0v) is 29.4. The lowest BCUT2D eigenvalue weighted by Crippen LogP contribution is -2.78. The van der Waals surface area contributed by atoms with Crippen LogP contribution in [0.15, 0.2) is 11.1 Å². The normalized spacial score (nSPS) is 39.6. The lowest BCUT2D eigenvalue weighted by atomic mass is 9.41. The molecule has 46 heavy (non-hydrogen) atoms. The van der Waals surface area contributed by atoms with Crippen LogP contribution >= 0.6 is 0 Å². The van der Waals surface area contributed by atoms with E-state index < -0.39 is 82.8 Å². The molecule has 12 nitrogen and oxygen atoms in total. The molecular weight excluding hydrogens is 598 g/mol. The van der Waals surface area contributed by atoms with Gasteiger partial charge in [0.2, 0.25) is 0 Å². The summed E-state index contributed by atoms with van der Waals surface area (Å²) in [6.45, 7) is 13.9. The van der Waals surface area contributed by atoms with Gasteiger partial charge in [-0.25, -0.2) is 9.59 Å². The number of methoxy groups -OCH3 is 2. The minimum absolute atomic E-state index is 0.00934.